The fourth-order valence-electron chi connectivity index (χ4n) is 2.59. The molecule has 0 saturated carbocycles. The van der Waals surface area contributed by atoms with Crippen LogP contribution in [0.3, 0.4) is 0 Å². The van der Waals surface area contributed by atoms with Gasteiger partial charge in [0, 0.05) is 32.1 Å². The van der Waals surface area contributed by atoms with Gasteiger partial charge in [0.05, 0.1) is 7.11 Å². The minimum atomic E-state index is -0.131. The fraction of sp³-hybridized carbons (Fsp3) is 0.300. The van der Waals surface area contributed by atoms with Gasteiger partial charge in [-0.05, 0) is 30.2 Å². The molecule has 0 aliphatic carbocycles. The third kappa shape index (κ3) is 5.64. The summed E-state index contributed by atoms with van der Waals surface area (Å²) in [5.41, 5.74) is 1.68. The number of hydrogen-bond acceptors (Lipinski definition) is 3. The predicted molar refractivity (Wildman–Crippen MR) is 97.7 cm³/mol. The second-order valence-electron chi connectivity index (χ2n) is 5.69. The van der Waals surface area contributed by atoms with Crippen LogP contribution in [0.4, 0.5) is 0 Å². The van der Waals surface area contributed by atoms with E-state index in [-0.39, 0.29) is 11.8 Å². The van der Waals surface area contributed by atoms with Crippen molar-refractivity contribution in [2.24, 2.45) is 0 Å². The molecule has 5 nitrogen and oxygen atoms in total. The minimum absolute atomic E-state index is 0.0103. The van der Waals surface area contributed by atoms with Crippen LogP contribution < -0.4 is 10.1 Å². The van der Waals surface area contributed by atoms with E-state index in [9.17, 15) is 9.59 Å². The maximum Gasteiger partial charge on any atom is 0.251 e. The Kier molecular flexibility index (Phi) is 7.01. The van der Waals surface area contributed by atoms with Crippen molar-refractivity contribution in [2.75, 3.05) is 26.7 Å². The molecule has 0 radical (unpaired) electrons. The van der Waals surface area contributed by atoms with Gasteiger partial charge in [-0.3, -0.25) is 9.59 Å². The quantitative estimate of drug-likeness (QED) is 0.803. The van der Waals surface area contributed by atoms with Gasteiger partial charge in [-0.25, -0.2) is 0 Å². The monoisotopic (exact) mass is 340 g/mol. The predicted octanol–water partition coefficient (Wildman–Crippen LogP) is 2.52. The third-order valence-corrected chi connectivity index (χ3v) is 3.99. The number of carbonyl (C=O) groups is 2. The molecule has 0 aliphatic heterocycles. The summed E-state index contributed by atoms with van der Waals surface area (Å²) < 4.78 is 5.34. The van der Waals surface area contributed by atoms with Crippen molar-refractivity contribution in [3.8, 4) is 5.75 Å². The van der Waals surface area contributed by atoms with Crippen molar-refractivity contribution in [1.29, 1.82) is 0 Å². The Labute approximate surface area is 148 Å². The molecule has 0 aromatic heterocycles. The molecule has 0 bridgehead atoms. The molecule has 0 unspecified atom stereocenters. The van der Waals surface area contributed by atoms with E-state index in [4.69, 9.17) is 4.74 Å². The zero-order chi connectivity index (χ0) is 18.1. The Balaban J connectivity index is 1.84. The summed E-state index contributed by atoms with van der Waals surface area (Å²) in [6, 6.07) is 16.8. The molecule has 0 fully saturated rings. The topological polar surface area (TPSA) is 58.6 Å². The van der Waals surface area contributed by atoms with E-state index >= 15 is 0 Å². The second kappa shape index (κ2) is 9.47. The number of carbonyl (C=O) groups excluding carboxylic acids is 2. The van der Waals surface area contributed by atoms with E-state index in [1.165, 1.54) is 0 Å². The first kappa shape index (κ1) is 18.5. The summed E-state index contributed by atoms with van der Waals surface area (Å²) in [7, 11) is 1.64. The van der Waals surface area contributed by atoms with Crippen LogP contribution in [0.1, 0.15) is 22.8 Å². The lowest BCUT2D eigenvalue weighted by Crippen LogP contribution is -2.38. The van der Waals surface area contributed by atoms with Crippen LogP contribution in [0, 0.1) is 0 Å². The molecular weight excluding hydrogens is 316 g/mol. The molecule has 0 aliphatic rings. The molecule has 2 aromatic carbocycles. The standard InChI is InChI=1S/C20H24N2O3/c1-16(23)22(14-12-17-8-6-7-11-19(17)25-2)15-13-21-20(24)18-9-4-3-5-10-18/h3-11H,12-15H2,1-2H3,(H,21,24). The van der Waals surface area contributed by atoms with Crippen LogP contribution in [0.15, 0.2) is 54.6 Å². The molecule has 1 N–H and O–H groups in total. The van der Waals surface area contributed by atoms with Crippen LogP contribution in [0.5, 0.6) is 5.75 Å². The summed E-state index contributed by atoms with van der Waals surface area (Å²) in [6.07, 6.45) is 0.705. The maximum absolute atomic E-state index is 12.0. The van der Waals surface area contributed by atoms with Gasteiger partial charge in [0.2, 0.25) is 5.91 Å². The number of nitrogens with zero attached hydrogens (tertiary/aromatic N) is 1. The number of para-hydroxylation sites is 1. The summed E-state index contributed by atoms with van der Waals surface area (Å²) in [5, 5.41) is 2.85. The number of hydrogen-bond donors (Lipinski definition) is 1. The SMILES string of the molecule is COc1ccccc1CCN(CCNC(=O)c1ccccc1)C(C)=O. The zero-order valence-electron chi connectivity index (χ0n) is 14.7. The van der Waals surface area contributed by atoms with E-state index in [2.05, 4.69) is 5.32 Å². The van der Waals surface area contributed by atoms with Crippen molar-refractivity contribution in [3.05, 3.63) is 65.7 Å². The first-order chi connectivity index (χ1) is 12.1. The number of rotatable bonds is 8. The highest BCUT2D eigenvalue weighted by Crippen LogP contribution is 2.18. The highest BCUT2D eigenvalue weighted by Gasteiger charge is 2.11. The van der Waals surface area contributed by atoms with Crippen molar-refractivity contribution >= 4 is 11.8 Å². The Bertz CT molecular complexity index is 701. The highest BCUT2D eigenvalue weighted by atomic mass is 16.5. The van der Waals surface area contributed by atoms with Gasteiger partial charge in [0.1, 0.15) is 5.75 Å². The van der Waals surface area contributed by atoms with E-state index < -0.39 is 0 Å². The van der Waals surface area contributed by atoms with Gasteiger partial charge in [0.15, 0.2) is 0 Å². The summed E-state index contributed by atoms with van der Waals surface area (Å²) in [4.78, 5) is 25.6. The molecule has 25 heavy (non-hydrogen) atoms. The normalized spacial score (nSPS) is 10.2. The van der Waals surface area contributed by atoms with Gasteiger partial charge in [0.25, 0.3) is 5.91 Å². The number of ether oxygens (including phenoxy) is 1. The number of amides is 2. The Hall–Kier alpha value is -2.82. The highest BCUT2D eigenvalue weighted by molar-refractivity contribution is 5.94. The van der Waals surface area contributed by atoms with Gasteiger partial charge in [-0.15, -0.1) is 0 Å². The fourth-order valence-corrected chi connectivity index (χ4v) is 2.59. The van der Waals surface area contributed by atoms with Crippen molar-refractivity contribution in [1.82, 2.24) is 10.2 Å². The Morgan fingerprint density at radius 1 is 1.00 bits per heavy atom. The Morgan fingerprint density at radius 2 is 1.68 bits per heavy atom. The number of benzene rings is 2. The van der Waals surface area contributed by atoms with E-state index in [1.807, 2.05) is 42.5 Å². The summed E-state index contributed by atoms with van der Waals surface area (Å²) in [5.74, 6) is 0.682. The number of nitrogens with one attached hydrogen (secondary N) is 1. The first-order valence-corrected chi connectivity index (χ1v) is 8.32. The molecule has 0 heterocycles. The van der Waals surface area contributed by atoms with Gasteiger partial charge in [-0.1, -0.05) is 36.4 Å². The van der Waals surface area contributed by atoms with Gasteiger partial charge in [-0.2, -0.15) is 0 Å². The van der Waals surface area contributed by atoms with Crippen molar-refractivity contribution < 1.29 is 14.3 Å². The van der Waals surface area contributed by atoms with Crippen LogP contribution in [-0.4, -0.2) is 43.5 Å². The minimum Gasteiger partial charge on any atom is -0.496 e. The lowest BCUT2D eigenvalue weighted by molar-refractivity contribution is -0.128. The lowest BCUT2D eigenvalue weighted by Gasteiger charge is -2.22. The molecular formula is C20H24N2O3. The van der Waals surface area contributed by atoms with Crippen LogP contribution >= 0.6 is 0 Å². The molecule has 5 heteroatoms. The van der Waals surface area contributed by atoms with E-state index in [0.717, 1.165) is 11.3 Å². The molecule has 0 spiro atoms. The number of methoxy groups -OCH3 is 1. The maximum atomic E-state index is 12.0. The van der Waals surface area contributed by atoms with Gasteiger partial charge < -0.3 is 15.0 Å². The smallest absolute Gasteiger partial charge is 0.251 e. The lowest BCUT2D eigenvalue weighted by atomic mass is 10.1. The zero-order valence-corrected chi connectivity index (χ0v) is 14.7. The van der Waals surface area contributed by atoms with Crippen molar-refractivity contribution in [3.63, 3.8) is 0 Å². The van der Waals surface area contributed by atoms with Crippen LogP contribution in [0.2, 0.25) is 0 Å². The molecule has 0 saturated heterocycles. The largest absolute Gasteiger partial charge is 0.496 e. The van der Waals surface area contributed by atoms with Crippen molar-refractivity contribution in [2.45, 2.75) is 13.3 Å². The molecule has 2 rings (SSSR count). The average Bonchev–Trinajstić information content (AvgIpc) is 2.65. The van der Waals surface area contributed by atoms with Gasteiger partial charge >= 0.3 is 0 Å². The summed E-state index contributed by atoms with van der Waals surface area (Å²) in [6.45, 7) is 3.01. The first-order valence-electron chi connectivity index (χ1n) is 8.32. The molecule has 2 aromatic rings. The average molecular weight is 340 g/mol. The Morgan fingerprint density at radius 3 is 2.36 bits per heavy atom. The van der Waals surface area contributed by atoms with E-state index in [1.54, 1.807) is 31.1 Å². The van der Waals surface area contributed by atoms with Crippen LogP contribution in [-0.2, 0) is 11.2 Å². The van der Waals surface area contributed by atoms with Crippen LogP contribution in [0.25, 0.3) is 0 Å². The molecule has 0 atom stereocenters. The summed E-state index contributed by atoms with van der Waals surface area (Å²) >= 11 is 0. The second-order valence-corrected chi connectivity index (χ2v) is 5.69. The third-order valence-electron chi connectivity index (χ3n) is 3.99. The molecule has 132 valence electrons. The van der Waals surface area contributed by atoms with E-state index in [0.29, 0.717) is 31.6 Å². The molecule has 2 amide bonds.